The molecule has 5 nitrogen and oxygen atoms in total. The summed E-state index contributed by atoms with van der Waals surface area (Å²) in [4.78, 5) is 3.35. The fourth-order valence-corrected chi connectivity index (χ4v) is 3.20. The lowest BCUT2D eigenvalue weighted by Gasteiger charge is -2.12. The molecule has 0 saturated carbocycles. The van der Waals surface area contributed by atoms with Gasteiger partial charge in [0.1, 0.15) is 0 Å². The minimum atomic E-state index is -4.82. The second-order valence-corrected chi connectivity index (χ2v) is 7.05. The van der Waals surface area contributed by atoms with Crippen LogP contribution in [0.15, 0.2) is 47.6 Å². The topological polar surface area (TPSA) is 68.3 Å². The molecule has 1 N–H and O–H groups in total. The summed E-state index contributed by atoms with van der Waals surface area (Å²) < 4.78 is 70.0. The summed E-state index contributed by atoms with van der Waals surface area (Å²) in [7, 11) is -4.40. The molecule has 1 aromatic heterocycles. The van der Waals surface area contributed by atoms with Gasteiger partial charge < -0.3 is 4.74 Å². The summed E-state index contributed by atoms with van der Waals surface area (Å²) >= 11 is 5.75. The monoisotopic (exact) mass is 394 g/mol. The molecule has 25 heavy (non-hydrogen) atoms. The van der Waals surface area contributed by atoms with Crippen LogP contribution < -0.4 is 4.72 Å². The smallest absolute Gasteiger partial charge is 0.375 e. The maximum absolute atomic E-state index is 12.9. The second-order valence-electron chi connectivity index (χ2n) is 4.93. The van der Waals surface area contributed by atoms with Crippen LogP contribution in [-0.2, 0) is 27.5 Å². The average molecular weight is 395 g/mol. The number of hydrogen-bond donors (Lipinski definition) is 1. The minimum absolute atomic E-state index is 0.0178. The van der Waals surface area contributed by atoms with E-state index >= 15 is 0 Å². The first-order valence-corrected chi connectivity index (χ1v) is 8.90. The Kier molecular flexibility index (Phi) is 6.39. The average Bonchev–Trinajstić information content (AvgIpc) is 2.55. The van der Waals surface area contributed by atoms with E-state index in [4.69, 9.17) is 16.3 Å². The Morgan fingerprint density at radius 3 is 2.48 bits per heavy atom. The number of ether oxygens (including phenoxy) is 1. The summed E-state index contributed by atoms with van der Waals surface area (Å²) in [6, 6.07) is 8.55. The predicted molar refractivity (Wildman–Crippen MR) is 85.5 cm³/mol. The second kappa shape index (κ2) is 8.13. The standard InChI is InChI=1S/C15H14ClF3N2O3S/c16-12-5-3-11(4-6-12)10-24-9-8-21-25(22,23)14-13(15(17,18)19)2-1-7-20-14/h1-7,21H,8-10H2. The van der Waals surface area contributed by atoms with Gasteiger partial charge in [0.05, 0.1) is 18.8 Å². The van der Waals surface area contributed by atoms with E-state index < -0.39 is 26.8 Å². The van der Waals surface area contributed by atoms with Crippen molar-refractivity contribution in [3.05, 3.63) is 58.7 Å². The molecule has 0 amide bonds. The Labute approximate surface area is 147 Å². The van der Waals surface area contributed by atoms with E-state index in [0.29, 0.717) is 11.1 Å². The summed E-state index contributed by atoms with van der Waals surface area (Å²) in [6.07, 6.45) is -3.83. The van der Waals surface area contributed by atoms with E-state index in [1.165, 1.54) is 0 Å². The van der Waals surface area contributed by atoms with E-state index in [0.717, 1.165) is 17.8 Å². The molecule has 0 aliphatic heterocycles. The van der Waals surface area contributed by atoms with Crippen LogP contribution in [0.25, 0.3) is 0 Å². The molecule has 0 bridgehead atoms. The van der Waals surface area contributed by atoms with Gasteiger partial charge in [-0.15, -0.1) is 0 Å². The number of sulfonamides is 1. The van der Waals surface area contributed by atoms with Crippen LogP contribution >= 0.6 is 11.6 Å². The van der Waals surface area contributed by atoms with Crippen LogP contribution in [-0.4, -0.2) is 26.6 Å². The number of rotatable bonds is 7. The number of alkyl halides is 3. The largest absolute Gasteiger partial charge is 0.419 e. The Balaban J connectivity index is 1.91. The maximum atomic E-state index is 12.9. The van der Waals surface area contributed by atoms with Crippen LogP contribution in [0, 0.1) is 0 Å². The zero-order chi connectivity index (χ0) is 18.5. The third kappa shape index (κ3) is 5.67. The number of aromatic nitrogens is 1. The summed E-state index contributed by atoms with van der Waals surface area (Å²) in [5, 5.41) is -0.479. The van der Waals surface area contributed by atoms with Gasteiger partial charge in [0.25, 0.3) is 10.0 Å². The fourth-order valence-electron chi connectivity index (χ4n) is 1.91. The maximum Gasteiger partial charge on any atom is 0.419 e. The highest BCUT2D eigenvalue weighted by Gasteiger charge is 2.37. The SMILES string of the molecule is O=S(=O)(NCCOCc1ccc(Cl)cc1)c1ncccc1C(F)(F)F. The Bertz CT molecular complexity index is 812. The van der Waals surface area contributed by atoms with E-state index in [-0.39, 0.29) is 19.8 Å². The van der Waals surface area contributed by atoms with Crippen LogP contribution in [0.1, 0.15) is 11.1 Å². The van der Waals surface area contributed by atoms with E-state index in [9.17, 15) is 21.6 Å². The quantitative estimate of drug-likeness (QED) is 0.732. The number of halogens is 4. The lowest BCUT2D eigenvalue weighted by Crippen LogP contribution is -2.30. The van der Waals surface area contributed by atoms with Crippen LogP contribution in [0.4, 0.5) is 13.2 Å². The van der Waals surface area contributed by atoms with Gasteiger partial charge in [-0.3, -0.25) is 0 Å². The molecule has 0 spiro atoms. The van der Waals surface area contributed by atoms with Crippen LogP contribution in [0.5, 0.6) is 0 Å². The molecule has 0 aliphatic rings. The van der Waals surface area contributed by atoms with Gasteiger partial charge >= 0.3 is 6.18 Å². The van der Waals surface area contributed by atoms with E-state index in [2.05, 4.69) is 4.98 Å². The molecule has 0 saturated heterocycles. The lowest BCUT2D eigenvalue weighted by atomic mass is 10.2. The molecule has 0 fully saturated rings. The van der Waals surface area contributed by atoms with E-state index in [1.54, 1.807) is 24.3 Å². The van der Waals surface area contributed by atoms with Crippen molar-refractivity contribution in [2.75, 3.05) is 13.2 Å². The van der Waals surface area contributed by atoms with Gasteiger partial charge in [0.15, 0.2) is 5.03 Å². The highest BCUT2D eigenvalue weighted by Crippen LogP contribution is 2.32. The molecule has 0 aliphatic carbocycles. The van der Waals surface area contributed by atoms with Gasteiger partial charge in [-0.25, -0.2) is 18.1 Å². The molecule has 136 valence electrons. The first-order valence-electron chi connectivity index (χ1n) is 7.04. The van der Waals surface area contributed by atoms with Crippen molar-refractivity contribution in [3.8, 4) is 0 Å². The summed E-state index contributed by atoms with van der Waals surface area (Å²) in [5.41, 5.74) is -0.485. The van der Waals surface area contributed by atoms with Crippen molar-refractivity contribution < 1.29 is 26.3 Å². The molecule has 0 unspecified atom stereocenters. The van der Waals surface area contributed by atoms with Gasteiger partial charge in [0, 0.05) is 17.8 Å². The first-order chi connectivity index (χ1) is 11.7. The molecule has 10 heteroatoms. The molecule has 0 atom stereocenters. The number of benzene rings is 1. The number of nitrogens with one attached hydrogen (secondary N) is 1. The predicted octanol–water partition coefficient (Wildman–Crippen LogP) is 3.25. The zero-order valence-electron chi connectivity index (χ0n) is 12.8. The highest BCUT2D eigenvalue weighted by atomic mass is 35.5. The Morgan fingerprint density at radius 1 is 1.16 bits per heavy atom. The molecule has 0 radical (unpaired) electrons. The Hall–Kier alpha value is -1.68. The fraction of sp³-hybridized carbons (Fsp3) is 0.267. The lowest BCUT2D eigenvalue weighted by molar-refractivity contribution is -0.140. The third-order valence-electron chi connectivity index (χ3n) is 3.05. The molecule has 2 aromatic rings. The van der Waals surface area contributed by atoms with Crippen molar-refractivity contribution in [1.29, 1.82) is 0 Å². The summed E-state index contributed by atoms with van der Waals surface area (Å²) in [5.74, 6) is 0. The van der Waals surface area contributed by atoms with Gasteiger partial charge in [-0.1, -0.05) is 23.7 Å². The van der Waals surface area contributed by atoms with Crippen molar-refractivity contribution >= 4 is 21.6 Å². The highest BCUT2D eigenvalue weighted by molar-refractivity contribution is 7.89. The third-order valence-corrected chi connectivity index (χ3v) is 4.72. The van der Waals surface area contributed by atoms with Crippen molar-refractivity contribution in [1.82, 2.24) is 9.71 Å². The van der Waals surface area contributed by atoms with Crippen LogP contribution in [0.3, 0.4) is 0 Å². The molecule has 1 aromatic carbocycles. The number of nitrogens with zero attached hydrogens (tertiary/aromatic N) is 1. The van der Waals surface area contributed by atoms with Crippen LogP contribution in [0.2, 0.25) is 5.02 Å². The van der Waals surface area contributed by atoms with Gasteiger partial charge in [-0.05, 0) is 29.8 Å². The van der Waals surface area contributed by atoms with Gasteiger partial charge in [0.2, 0.25) is 0 Å². The molecular weight excluding hydrogens is 381 g/mol. The van der Waals surface area contributed by atoms with Crippen molar-refractivity contribution in [2.45, 2.75) is 17.8 Å². The van der Waals surface area contributed by atoms with Gasteiger partial charge in [-0.2, -0.15) is 13.2 Å². The molecule has 2 rings (SSSR count). The van der Waals surface area contributed by atoms with Crippen molar-refractivity contribution in [2.24, 2.45) is 0 Å². The normalized spacial score (nSPS) is 12.3. The first kappa shape index (κ1) is 19.6. The Morgan fingerprint density at radius 2 is 1.84 bits per heavy atom. The molecule has 1 heterocycles. The summed E-state index contributed by atoms with van der Waals surface area (Å²) in [6.45, 7) is 0.0100. The number of pyridine rings is 1. The van der Waals surface area contributed by atoms with Crippen molar-refractivity contribution in [3.63, 3.8) is 0 Å². The number of hydrogen-bond acceptors (Lipinski definition) is 4. The molecular formula is C15H14ClF3N2O3S. The zero-order valence-corrected chi connectivity index (χ0v) is 14.3. The van der Waals surface area contributed by atoms with E-state index in [1.807, 2.05) is 4.72 Å². The minimum Gasteiger partial charge on any atom is -0.375 e.